The van der Waals surface area contributed by atoms with E-state index in [0.717, 1.165) is 11.4 Å². The molecule has 0 bridgehead atoms. The maximum Gasteiger partial charge on any atom is 0.246 e. The van der Waals surface area contributed by atoms with Crippen LogP contribution in [0.3, 0.4) is 0 Å². The quantitative estimate of drug-likeness (QED) is 0.672. The Kier molecular flexibility index (Phi) is 3.97. The van der Waals surface area contributed by atoms with E-state index in [1.807, 2.05) is 30.8 Å². The predicted octanol–water partition coefficient (Wildman–Crippen LogP) is 1.55. The van der Waals surface area contributed by atoms with Crippen molar-refractivity contribution in [3.05, 3.63) is 35.0 Å². The van der Waals surface area contributed by atoms with E-state index in [-0.39, 0.29) is 10.8 Å². The predicted molar refractivity (Wildman–Crippen MR) is 93.7 cm³/mol. The Bertz CT molecular complexity index is 983. The summed E-state index contributed by atoms with van der Waals surface area (Å²) in [6.45, 7) is 3.38. The molecule has 1 aliphatic rings. The average Bonchev–Trinajstić information content (AvgIpc) is 3.26. The Balaban J connectivity index is 1.50. The van der Waals surface area contributed by atoms with Crippen LogP contribution in [0.4, 0.5) is 0 Å². The standard InChI is InChI=1S/C15H18N6O2S2/c1-3-20-9-13(6-16-20)25(22,23)21-7-12(8-21)15-17-14(18-19(15)2)11-4-5-24-10-11/h4-6,9-10,12H,3,7-8H2,1-2H3. The third-order valence-electron chi connectivity index (χ3n) is 4.36. The van der Waals surface area contributed by atoms with Crippen LogP contribution < -0.4 is 0 Å². The van der Waals surface area contributed by atoms with Gasteiger partial charge < -0.3 is 0 Å². The van der Waals surface area contributed by atoms with Crippen LogP contribution in [-0.2, 0) is 23.6 Å². The molecule has 0 radical (unpaired) electrons. The maximum absolute atomic E-state index is 12.6. The second-order valence-corrected chi connectivity index (χ2v) is 8.70. The van der Waals surface area contributed by atoms with Crippen LogP contribution in [-0.4, -0.2) is 50.4 Å². The van der Waals surface area contributed by atoms with Gasteiger partial charge in [0.15, 0.2) is 5.82 Å². The number of sulfonamides is 1. The third-order valence-corrected chi connectivity index (χ3v) is 6.83. The SMILES string of the molecule is CCn1cc(S(=O)(=O)N2CC(c3nc(-c4ccsc4)nn3C)C2)cn1. The molecule has 1 aliphatic heterocycles. The van der Waals surface area contributed by atoms with Gasteiger partial charge in [-0.1, -0.05) is 0 Å². The zero-order chi connectivity index (χ0) is 17.6. The summed E-state index contributed by atoms with van der Waals surface area (Å²) in [5, 5.41) is 12.5. The second-order valence-electron chi connectivity index (χ2n) is 5.98. The van der Waals surface area contributed by atoms with Gasteiger partial charge >= 0.3 is 0 Å². The van der Waals surface area contributed by atoms with Gasteiger partial charge in [0.1, 0.15) is 10.7 Å². The molecule has 3 aromatic rings. The molecule has 1 saturated heterocycles. The van der Waals surface area contributed by atoms with Crippen molar-refractivity contribution in [1.82, 2.24) is 28.9 Å². The van der Waals surface area contributed by atoms with Crippen LogP contribution in [0.1, 0.15) is 18.7 Å². The minimum atomic E-state index is -3.49. The van der Waals surface area contributed by atoms with E-state index in [2.05, 4.69) is 15.2 Å². The van der Waals surface area contributed by atoms with Gasteiger partial charge in [0.2, 0.25) is 10.0 Å². The molecule has 4 rings (SSSR count). The average molecular weight is 378 g/mol. The van der Waals surface area contributed by atoms with E-state index in [4.69, 9.17) is 0 Å². The molecule has 3 aromatic heterocycles. The van der Waals surface area contributed by atoms with Crippen LogP contribution in [0.15, 0.2) is 34.1 Å². The van der Waals surface area contributed by atoms with E-state index >= 15 is 0 Å². The Morgan fingerprint density at radius 2 is 2.16 bits per heavy atom. The molecule has 0 spiro atoms. The molecule has 0 saturated carbocycles. The first-order valence-electron chi connectivity index (χ1n) is 7.95. The topological polar surface area (TPSA) is 85.9 Å². The molecule has 1 fully saturated rings. The van der Waals surface area contributed by atoms with Gasteiger partial charge in [0, 0.05) is 49.7 Å². The number of rotatable bonds is 5. The summed E-state index contributed by atoms with van der Waals surface area (Å²) in [4.78, 5) is 4.84. The summed E-state index contributed by atoms with van der Waals surface area (Å²) in [6.07, 6.45) is 2.98. The molecule has 8 nitrogen and oxygen atoms in total. The Morgan fingerprint density at radius 1 is 1.36 bits per heavy atom. The summed E-state index contributed by atoms with van der Waals surface area (Å²) in [7, 11) is -1.64. The van der Waals surface area contributed by atoms with E-state index in [1.54, 1.807) is 26.9 Å². The Hall–Kier alpha value is -2.04. The van der Waals surface area contributed by atoms with Crippen molar-refractivity contribution < 1.29 is 8.42 Å². The van der Waals surface area contributed by atoms with Crippen molar-refractivity contribution in [2.75, 3.05) is 13.1 Å². The Labute approximate surface area is 149 Å². The molecule has 25 heavy (non-hydrogen) atoms. The van der Waals surface area contributed by atoms with Crippen LogP contribution in [0.25, 0.3) is 11.4 Å². The second kappa shape index (κ2) is 6.04. The van der Waals surface area contributed by atoms with Crippen molar-refractivity contribution in [3.63, 3.8) is 0 Å². The largest absolute Gasteiger partial charge is 0.272 e. The van der Waals surface area contributed by atoms with E-state index in [0.29, 0.717) is 25.5 Å². The normalized spacial score (nSPS) is 16.2. The van der Waals surface area contributed by atoms with Gasteiger partial charge in [0.05, 0.1) is 6.20 Å². The lowest BCUT2D eigenvalue weighted by Gasteiger charge is -2.36. The minimum Gasteiger partial charge on any atom is -0.272 e. The van der Waals surface area contributed by atoms with Crippen molar-refractivity contribution in [2.45, 2.75) is 24.3 Å². The fourth-order valence-electron chi connectivity index (χ4n) is 2.86. The number of nitrogens with zero attached hydrogens (tertiary/aromatic N) is 6. The highest BCUT2D eigenvalue weighted by atomic mass is 32.2. The van der Waals surface area contributed by atoms with Gasteiger partial charge in [-0.25, -0.2) is 13.4 Å². The van der Waals surface area contributed by atoms with Gasteiger partial charge in [-0.15, -0.1) is 0 Å². The molecule has 10 heteroatoms. The minimum absolute atomic E-state index is 0.0564. The molecular weight excluding hydrogens is 360 g/mol. The first kappa shape index (κ1) is 16.4. The van der Waals surface area contributed by atoms with Crippen LogP contribution in [0.2, 0.25) is 0 Å². The molecule has 0 amide bonds. The van der Waals surface area contributed by atoms with Gasteiger partial charge in [-0.3, -0.25) is 9.36 Å². The van der Waals surface area contributed by atoms with Gasteiger partial charge in [-0.2, -0.15) is 25.8 Å². The molecule has 0 atom stereocenters. The highest BCUT2D eigenvalue weighted by Gasteiger charge is 2.40. The molecule has 0 unspecified atom stereocenters. The molecule has 4 heterocycles. The van der Waals surface area contributed by atoms with E-state index in [1.165, 1.54) is 10.5 Å². The lowest BCUT2D eigenvalue weighted by Crippen LogP contribution is -2.49. The zero-order valence-electron chi connectivity index (χ0n) is 13.9. The summed E-state index contributed by atoms with van der Waals surface area (Å²) in [5.41, 5.74) is 0.989. The van der Waals surface area contributed by atoms with Crippen molar-refractivity contribution in [3.8, 4) is 11.4 Å². The first-order chi connectivity index (χ1) is 12.0. The van der Waals surface area contributed by atoms with Crippen molar-refractivity contribution in [2.24, 2.45) is 7.05 Å². The number of aryl methyl sites for hydroxylation is 2. The fraction of sp³-hybridized carbons (Fsp3) is 0.400. The molecular formula is C15H18N6O2S2. The van der Waals surface area contributed by atoms with Crippen LogP contribution in [0, 0.1) is 0 Å². The van der Waals surface area contributed by atoms with Gasteiger partial charge in [-0.05, 0) is 18.4 Å². The maximum atomic E-state index is 12.6. The van der Waals surface area contributed by atoms with Crippen molar-refractivity contribution in [1.29, 1.82) is 0 Å². The first-order valence-corrected chi connectivity index (χ1v) is 10.3. The van der Waals surface area contributed by atoms with Gasteiger partial charge in [0.25, 0.3) is 0 Å². The van der Waals surface area contributed by atoms with Crippen LogP contribution in [0.5, 0.6) is 0 Å². The lowest BCUT2D eigenvalue weighted by molar-refractivity contribution is 0.251. The highest BCUT2D eigenvalue weighted by molar-refractivity contribution is 7.89. The number of hydrogen-bond acceptors (Lipinski definition) is 6. The molecule has 0 N–H and O–H groups in total. The summed E-state index contributed by atoms with van der Waals surface area (Å²) < 4.78 is 30.1. The van der Waals surface area contributed by atoms with Crippen LogP contribution >= 0.6 is 11.3 Å². The fourth-order valence-corrected chi connectivity index (χ4v) is 4.98. The summed E-state index contributed by atoms with van der Waals surface area (Å²) in [6, 6.07) is 1.98. The molecule has 0 aliphatic carbocycles. The molecule has 132 valence electrons. The summed E-state index contributed by atoms with van der Waals surface area (Å²) in [5.74, 6) is 1.56. The monoisotopic (exact) mass is 378 g/mol. The van der Waals surface area contributed by atoms with E-state index < -0.39 is 10.0 Å². The number of hydrogen-bond donors (Lipinski definition) is 0. The number of thiophene rings is 1. The number of aromatic nitrogens is 5. The third kappa shape index (κ3) is 2.79. The summed E-state index contributed by atoms with van der Waals surface area (Å²) >= 11 is 1.60. The molecule has 0 aromatic carbocycles. The highest BCUT2D eigenvalue weighted by Crippen LogP contribution is 2.32. The Morgan fingerprint density at radius 3 is 2.80 bits per heavy atom. The van der Waals surface area contributed by atoms with Crippen molar-refractivity contribution >= 4 is 21.4 Å². The zero-order valence-corrected chi connectivity index (χ0v) is 15.5. The smallest absolute Gasteiger partial charge is 0.246 e. The lowest BCUT2D eigenvalue weighted by atomic mass is 10.0. The van der Waals surface area contributed by atoms with E-state index in [9.17, 15) is 8.42 Å².